The molecule has 2 aliphatic heterocycles. The van der Waals surface area contributed by atoms with E-state index in [1.165, 1.54) is 5.56 Å². The molecule has 1 aromatic carbocycles. The largest absolute Gasteiger partial charge is 0.393 e. The van der Waals surface area contributed by atoms with E-state index in [2.05, 4.69) is 21.8 Å². The van der Waals surface area contributed by atoms with Crippen molar-refractivity contribution < 1.29 is 19.1 Å². The van der Waals surface area contributed by atoms with Crippen molar-refractivity contribution in [2.45, 2.75) is 45.1 Å². The number of likely N-dealkylation sites (tertiary alicyclic amines) is 1. The molecule has 25 heavy (non-hydrogen) atoms. The van der Waals surface area contributed by atoms with Gasteiger partial charge in [-0.25, -0.2) is 0 Å². The minimum Gasteiger partial charge on any atom is -0.393 e. The summed E-state index contributed by atoms with van der Waals surface area (Å²) in [6.45, 7) is 4.45. The van der Waals surface area contributed by atoms with Gasteiger partial charge in [-0.3, -0.25) is 9.59 Å². The van der Waals surface area contributed by atoms with Gasteiger partial charge < -0.3 is 14.4 Å². The van der Waals surface area contributed by atoms with Crippen LogP contribution in [0.5, 0.6) is 0 Å². The number of unbranched alkanes of at least 4 members (excludes halogenated alkanes) is 1. The first-order valence-electron chi connectivity index (χ1n) is 9.23. The predicted molar refractivity (Wildman–Crippen MR) is 93.8 cm³/mol. The van der Waals surface area contributed by atoms with Crippen LogP contribution in [0.2, 0.25) is 0 Å². The van der Waals surface area contributed by atoms with Gasteiger partial charge in [0.25, 0.3) is 0 Å². The molecule has 2 aliphatic rings. The lowest BCUT2D eigenvalue weighted by molar-refractivity contribution is -0.171. The lowest BCUT2D eigenvalue weighted by Gasteiger charge is -2.42. The fourth-order valence-electron chi connectivity index (χ4n) is 3.78. The highest BCUT2D eigenvalue weighted by atomic mass is 16.6. The van der Waals surface area contributed by atoms with Crippen LogP contribution in [0.1, 0.15) is 44.1 Å². The number of ether oxygens (including phenoxy) is 2. The maximum absolute atomic E-state index is 11.5. The second-order valence-electron chi connectivity index (χ2n) is 7.29. The number of cyclic esters (lactones) is 2. The summed E-state index contributed by atoms with van der Waals surface area (Å²) >= 11 is 0. The monoisotopic (exact) mass is 345 g/mol. The van der Waals surface area contributed by atoms with Crippen molar-refractivity contribution >= 4 is 11.9 Å². The molecule has 0 radical (unpaired) electrons. The maximum atomic E-state index is 11.5. The van der Waals surface area contributed by atoms with Crippen molar-refractivity contribution in [3.63, 3.8) is 0 Å². The van der Waals surface area contributed by atoms with Crippen LogP contribution in [0, 0.1) is 5.41 Å². The highest BCUT2D eigenvalue weighted by Gasteiger charge is 2.43. The van der Waals surface area contributed by atoms with Gasteiger partial charge in [-0.05, 0) is 56.3 Å². The third kappa shape index (κ3) is 5.38. The predicted octanol–water partition coefficient (Wildman–Crippen LogP) is 2.93. The van der Waals surface area contributed by atoms with E-state index in [-0.39, 0.29) is 17.4 Å². The second kappa shape index (κ2) is 8.59. The quantitative estimate of drug-likeness (QED) is 0.432. The maximum Gasteiger partial charge on any atom is 0.314 e. The van der Waals surface area contributed by atoms with Crippen LogP contribution >= 0.6 is 0 Å². The second-order valence-corrected chi connectivity index (χ2v) is 7.29. The van der Waals surface area contributed by atoms with Crippen LogP contribution in [-0.4, -0.2) is 43.1 Å². The van der Waals surface area contributed by atoms with Crippen LogP contribution in [0.15, 0.2) is 30.3 Å². The molecule has 2 fully saturated rings. The number of piperidine rings is 1. The molecule has 2 heterocycles. The molecule has 2 saturated heterocycles. The zero-order chi connectivity index (χ0) is 17.5. The van der Waals surface area contributed by atoms with E-state index in [0.717, 1.165) is 51.9 Å². The Kier molecular flexibility index (Phi) is 6.21. The summed E-state index contributed by atoms with van der Waals surface area (Å²) in [6, 6.07) is 10.2. The molecule has 0 unspecified atom stereocenters. The van der Waals surface area contributed by atoms with Gasteiger partial charge in [-0.15, -0.1) is 0 Å². The fraction of sp³-hybridized carbons (Fsp3) is 0.600. The topological polar surface area (TPSA) is 55.8 Å². The van der Waals surface area contributed by atoms with E-state index in [9.17, 15) is 9.59 Å². The van der Waals surface area contributed by atoms with Crippen molar-refractivity contribution in [3.8, 4) is 0 Å². The van der Waals surface area contributed by atoms with E-state index >= 15 is 0 Å². The van der Waals surface area contributed by atoms with Crippen LogP contribution in [0.25, 0.3) is 0 Å². The molecule has 136 valence electrons. The zero-order valence-corrected chi connectivity index (χ0v) is 14.7. The zero-order valence-electron chi connectivity index (χ0n) is 14.7. The smallest absolute Gasteiger partial charge is 0.314 e. The molecule has 0 bridgehead atoms. The number of hydrogen-bond donors (Lipinski definition) is 0. The van der Waals surface area contributed by atoms with Gasteiger partial charge in [0.15, 0.2) is 0 Å². The summed E-state index contributed by atoms with van der Waals surface area (Å²) in [5, 5.41) is 0. The molecular formula is C20H27NO4. The van der Waals surface area contributed by atoms with Gasteiger partial charge in [0.1, 0.15) is 0 Å². The normalized spacial score (nSPS) is 20.6. The van der Waals surface area contributed by atoms with Gasteiger partial charge in [0.05, 0.1) is 19.4 Å². The Hall–Kier alpha value is -1.72. The highest BCUT2D eigenvalue weighted by Crippen LogP contribution is 2.41. The first-order valence-corrected chi connectivity index (χ1v) is 9.23. The van der Waals surface area contributed by atoms with E-state index in [1.54, 1.807) is 0 Å². The van der Waals surface area contributed by atoms with Gasteiger partial charge in [0, 0.05) is 6.61 Å². The molecule has 0 aromatic heterocycles. The Morgan fingerprint density at radius 2 is 1.68 bits per heavy atom. The van der Waals surface area contributed by atoms with Crippen molar-refractivity contribution in [1.29, 1.82) is 0 Å². The summed E-state index contributed by atoms with van der Waals surface area (Å²) in [7, 11) is 0. The van der Waals surface area contributed by atoms with Gasteiger partial charge in [-0.1, -0.05) is 30.3 Å². The van der Waals surface area contributed by atoms with Gasteiger partial charge in [0.2, 0.25) is 0 Å². The highest BCUT2D eigenvalue weighted by molar-refractivity contribution is 5.89. The summed E-state index contributed by atoms with van der Waals surface area (Å²) in [6.07, 6.45) is 4.80. The molecule has 3 rings (SSSR count). The van der Waals surface area contributed by atoms with Crippen LogP contribution in [0.4, 0.5) is 0 Å². The third-order valence-electron chi connectivity index (χ3n) is 5.31. The van der Waals surface area contributed by atoms with Crippen molar-refractivity contribution in [2.75, 3.05) is 26.2 Å². The molecule has 1 aromatic rings. The molecular weight excluding hydrogens is 318 g/mol. The average Bonchev–Trinajstić information content (AvgIpc) is 2.59. The van der Waals surface area contributed by atoms with E-state index in [0.29, 0.717) is 19.4 Å². The van der Waals surface area contributed by atoms with Crippen LogP contribution in [0.3, 0.4) is 0 Å². The number of carbonyl (C=O) groups is 2. The number of benzene rings is 1. The number of hydrogen-bond acceptors (Lipinski definition) is 5. The lowest BCUT2D eigenvalue weighted by atomic mass is 9.72. The van der Waals surface area contributed by atoms with Crippen LogP contribution in [-0.2, 0) is 25.7 Å². The van der Waals surface area contributed by atoms with Crippen molar-refractivity contribution in [2.24, 2.45) is 5.41 Å². The Morgan fingerprint density at radius 3 is 2.36 bits per heavy atom. The average molecular weight is 345 g/mol. The molecule has 5 heteroatoms. The molecule has 0 aliphatic carbocycles. The molecule has 1 spiro atoms. The summed E-state index contributed by atoms with van der Waals surface area (Å²) in [5.41, 5.74) is 1.08. The van der Waals surface area contributed by atoms with E-state index in [4.69, 9.17) is 4.74 Å². The lowest BCUT2D eigenvalue weighted by Crippen LogP contribution is -2.45. The fourth-order valence-corrected chi connectivity index (χ4v) is 3.78. The molecule has 0 atom stereocenters. The van der Waals surface area contributed by atoms with Crippen molar-refractivity contribution in [1.82, 2.24) is 4.90 Å². The first-order chi connectivity index (χ1) is 12.2. The van der Waals surface area contributed by atoms with Gasteiger partial charge in [-0.2, -0.15) is 0 Å². The van der Waals surface area contributed by atoms with Crippen molar-refractivity contribution in [3.05, 3.63) is 35.9 Å². The minimum absolute atomic E-state index is 0.137. The van der Waals surface area contributed by atoms with Gasteiger partial charge >= 0.3 is 11.9 Å². The Labute approximate surface area is 149 Å². The molecule has 5 nitrogen and oxygen atoms in total. The number of esters is 2. The number of rotatable bonds is 7. The number of nitrogens with zero attached hydrogens (tertiary/aromatic N) is 1. The summed E-state index contributed by atoms with van der Waals surface area (Å²) in [5.74, 6) is -0.694. The SMILES string of the molecule is O=C1CC2(CCN(CCCCOCc3ccccc3)CC2)CC(=O)O1. The molecule has 0 amide bonds. The standard InChI is InChI=1S/C20H27NO4/c22-18-14-20(15-19(23)25-18)8-11-21(12-9-20)10-4-5-13-24-16-17-6-2-1-3-7-17/h1-3,6-7H,4-5,8-16H2. The van der Waals surface area contributed by atoms with E-state index < -0.39 is 0 Å². The third-order valence-corrected chi connectivity index (χ3v) is 5.31. The number of carbonyl (C=O) groups excluding carboxylic acids is 2. The Morgan fingerprint density at radius 1 is 1.00 bits per heavy atom. The summed E-state index contributed by atoms with van der Waals surface area (Å²) < 4.78 is 10.4. The Balaban J connectivity index is 1.28. The Bertz CT molecular complexity index is 561. The first kappa shape index (κ1) is 18.1. The molecule has 0 N–H and O–H groups in total. The van der Waals surface area contributed by atoms with Crippen LogP contribution < -0.4 is 0 Å². The van der Waals surface area contributed by atoms with E-state index in [1.807, 2.05) is 18.2 Å². The summed E-state index contributed by atoms with van der Waals surface area (Å²) in [4.78, 5) is 25.5. The minimum atomic E-state index is -0.347. The molecule has 0 saturated carbocycles.